The molecular formula is C31H38ClN3O5S. The van der Waals surface area contributed by atoms with Gasteiger partial charge in [-0.05, 0) is 69.5 Å². The fourth-order valence-electron chi connectivity index (χ4n) is 4.24. The molecule has 0 aromatic heterocycles. The zero-order valence-electron chi connectivity index (χ0n) is 24.1. The summed E-state index contributed by atoms with van der Waals surface area (Å²) < 4.78 is 34.5. The zero-order chi connectivity index (χ0) is 30.2. The number of rotatable bonds is 13. The Labute approximate surface area is 248 Å². The maximum Gasteiger partial charge on any atom is 0.264 e. The maximum atomic E-state index is 14.0. The first-order valence-electron chi connectivity index (χ1n) is 13.5. The van der Waals surface area contributed by atoms with Crippen molar-refractivity contribution >= 4 is 39.1 Å². The lowest BCUT2D eigenvalue weighted by Gasteiger charge is -2.32. The normalized spacial score (nSPS) is 12.7. The van der Waals surface area contributed by atoms with Crippen molar-refractivity contribution in [1.29, 1.82) is 0 Å². The lowest BCUT2D eigenvalue weighted by atomic mass is 10.1. The van der Waals surface area contributed by atoms with E-state index in [2.05, 4.69) is 5.32 Å². The van der Waals surface area contributed by atoms with Crippen molar-refractivity contribution in [2.24, 2.45) is 0 Å². The van der Waals surface area contributed by atoms with Gasteiger partial charge in [-0.15, -0.1) is 0 Å². The second-order valence-corrected chi connectivity index (χ2v) is 12.3. The lowest BCUT2D eigenvalue weighted by Crippen LogP contribution is -2.53. The number of benzene rings is 3. The standard InChI is InChI=1S/C31H38ClN3O5S/c1-6-23(3)33-31(37)24(4)34(19-18-25-10-8-7-9-11-25)30(36)21-35(28-20-26(32)14-17-29(28)40-5)41(38,39)27-15-12-22(2)13-16-27/h7-17,20,23-24H,6,18-19,21H2,1-5H3,(H,33,37)/t23-,24-/m1/s1. The van der Waals surface area contributed by atoms with E-state index in [1.807, 2.05) is 51.1 Å². The molecule has 2 amide bonds. The summed E-state index contributed by atoms with van der Waals surface area (Å²) in [5.74, 6) is -0.615. The third kappa shape index (κ3) is 8.24. The number of ether oxygens (including phenoxy) is 1. The quantitative estimate of drug-likeness (QED) is 0.290. The molecule has 2 atom stereocenters. The van der Waals surface area contributed by atoms with Crippen LogP contribution >= 0.6 is 11.6 Å². The van der Waals surface area contributed by atoms with Crippen molar-refractivity contribution in [2.75, 3.05) is 24.5 Å². The predicted octanol–water partition coefficient (Wildman–Crippen LogP) is 5.23. The number of hydrogen-bond donors (Lipinski definition) is 1. The van der Waals surface area contributed by atoms with E-state index in [0.29, 0.717) is 6.42 Å². The Balaban J connectivity index is 2.04. The third-order valence-corrected chi connectivity index (χ3v) is 8.96. The smallest absolute Gasteiger partial charge is 0.264 e. The van der Waals surface area contributed by atoms with Gasteiger partial charge in [-0.2, -0.15) is 0 Å². The van der Waals surface area contributed by atoms with E-state index in [0.717, 1.165) is 21.9 Å². The van der Waals surface area contributed by atoms with Gasteiger partial charge in [0, 0.05) is 17.6 Å². The Hall–Kier alpha value is -3.56. The van der Waals surface area contributed by atoms with Crippen LogP contribution in [0.4, 0.5) is 5.69 Å². The number of sulfonamides is 1. The van der Waals surface area contributed by atoms with Crippen LogP contribution in [0.25, 0.3) is 0 Å². The molecule has 41 heavy (non-hydrogen) atoms. The number of hydrogen-bond acceptors (Lipinski definition) is 5. The summed E-state index contributed by atoms with van der Waals surface area (Å²) in [5, 5.41) is 3.21. The first-order valence-corrected chi connectivity index (χ1v) is 15.4. The summed E-state index contributed by atoms with van der Waals surface area (Å²) >= 11 is 6.28. The summed E-state index contributed by atoms with van der Waals surface area (Å²) in [6.07, 6.45) is 1.21. The number of nitrogens with one attached hydrogen (secondary N) is 1. The molecule has 0 saturated carbocycles. The Morgan fingerprint density at radius 2 is 1.66 bits per heavy atom. The van der Waals surface area contributed by atoms with Crippen LogP contribution < -0.4 is 14.4 Å². The topological polar surface area (TPSA) is 96.0 Å². The van der Waals surface area contributed by atoms with E-state index in [1.54, 1.807) is 31.2 Å². The van der Waals surface area contributed by atoms with E-state index in [9.17, 15) is 18.0 Å². The summed E-state index contributed by atoms with van der Waals surface area (Å²) in [6.45, 7) is 7.00. The van der Waals surface area contributed by atoms with Gasteiger partial charge < -0.3 is 15.0 Å². The van der Waals surface area contributed by atoms with E-state index >= 15 is 0 Å². The van der Waals surface area contributed by atoms with E-state index in [-0.39, 0.29) is 39.8 Å². The number of anilines is 1. The Kier molecular flexibility index (Phi) is 11.2. The minimum absolute atomic E-state index is 0.0105. The van der Waals surface area contributed by atoms with Gasteiger partial charge in [0.05, 0.1) is 17.7 Å². The zero-order valence-corrected chi connectivity index (χ0v) is 25.7. The summed E-state index contributed by atoms with van der Waals surface area (Å²) in [5.41, 5.74) is 1.99. The molecule has 0 fully saturated rings. The van der Waals surface area contributed by atoms with Crippen LogP contribution in [0.1, 0.15) is 38.3 Å². The van der Waals surface area contributed by atoms with Crippen LogP contribution in [0, 0.1) is 6.92 Å². The van der Waals surface area contributed by atoms with E-state index in [4.69, 9.17) is 16.3 Å². The molecule has 0 heterocycles. The molecule has 3 aromatic rings. The first-order chi connectivity index (χ1) is 19.5. The second kappa shape index (κ2) is 14.4. The highest BCUT2D eigenvalue weighted by Crippen LogP contribution is 2.35. The average Bonchev–Trinajstić information content (AvgIpc) is 2.96. The number of nitrogens with zero attached hydrogens (tertiary/aromatic N) is 2. The molecule has 1 N–H and O–H groups in total. The molecule has 0 unspecified atom stereocenters. The predicted molar refractivity (Wildman–Crippen MR) is 163 cm³/mol. The fourth-order valence-corrected chi connectivity index (χ4v) is 5.83. The molecule has 0 spiro atoms. The molecule has 0 aliphatic heterocycles. The average molecular weight is 600 g/mol. The van der Waals surface area contributed by atoms with Crippen molar-refractivity contribution in [3.8, 4) is 5.75 Å². The van der Waals surface area contributed by atoms with Crippen LogP contribution in [0.5, 0.6) is 5.75 Å². The molecule has 3 rings (SSSR count). The van der Waals surface area contributed by atoms with Gasteiger partial charge in [0.25, 0.3) is 10.0 Å². The molecule has 0 bridgehead atoms. The van der Waals surface area contributed by atoms with Crippen LogP contribution in [-0.2, 0) is 26.0 Å². The van der Waals surface area contributed by atoms with Crippen molar-refractivity contribution < 1.29 is 22.7 Å². The van der Waals surface area contributed by atoms with E-state index < -0.39 is 28.5 Å². The van der Waals surface area contributed by atoms with Crippen LogP contribution in [0.2, 0.25) is 5.02 Å². The van der Waals surface area contributed by atoms with Crippen LogP contribution in [0.3, 0.4) is 0 Å². The molecule has 3 aromatic carbocycles. The Morgan fingerprint density at radius 1 is 1.00 bits per heavy atom. The number of methoxy groups -OCH3 is 1. The number of carbonyl (C=O) groups is 2. The fraction of sp³-hybridized carbons (Fsp3) is 0.355. The second-order valence-electron chi connectivity index (χ2n) is 9.96. The molecule has 0 saturated heterocycles. The van der Waals surface area contributed by atoms with Gasteiger partial charge in [-0.3, -0.25) is 13.9 Å². The molecule has 0 aliphatic rings. The third-order valence-electron chi connectivity index (χ3n) is 6.95. The van der Waals surface area contributed by atoms with Gasteiger partial charge in [-0.1, -0.05) is 66.6 Å². The Bertz CT molecular complexity index is 1430. The molecule has 220 valence electrons. The highest BCUT2D eigenvalue weighted by Gasteiger charge is 2.34. The monoisotopic (exact) mass is 599 g/mol. The van der Waals surface area contributed by atoms with E-state index in [1.165, 1.54) is 30.2 Å². The van der Waals surface area contributed by atoms with Crippen LogP contribution in [-0.4, -0.2) is 57.4 Å². The largest absolute Gasteiger partial charge is 0.495 e. The number of halogens is 1. The highest BCUT2D eigenvalue weighted by atomic mass is 35.5. The number of carbonyl (C=O) groups excluding carboxylic acids is 2. The van der Waals surface area contributed by atoms with Gasteiger partial charge in [0.2, 0.25) is 11.8 Å². The van der Waals surface area contributed by atoms with Gasteiger partial charge in [0.15, 0.2) is 0 Å². The van der Waals surface area contributed by atoms with Gasteiger partial charge >= 0.3 is 0 Å². The summed E-state index contributed by atoms with van der Waals surface area (Å²) in [6, 6.07) is 19.6. The van der Waals surface area contributed by atoms with Crippen LogP contribution in [0.15, 0.2) is 77.7 Å². The molecule has 8 nitrogen and oxygen atoms in total. The first kappa shape index (κ1) is 32.0. The minimum atomic E-state index is -4.24. The number of aryl methyl sites for hydroxylation is 1. The molecule has 0 radical (unpaired) electrons. The molecule has 10 heteroatoms. The van der Waals surface area contributed by atoms with Crippen molar-refractivity contribution in [3.05, 3.63) is 88.9 Å². The van der Waals surface area contributed by atoms with Gasteiger partial charge in [-0.25, -0.2) is 8.42 Å². The summed E-state index contributed by atoms with van der Waals surface area (Å²) in [7, 11) is -2.82. The highest BCUT2D eigenvalue weighted by molar-refractivity contribution is 7.92. The summed E-state index contributed by atoms with van der Waals surface area (Å²) in [4.78, 5) is 28.6. The van der Waals surface area contributed by atoms with Crippen molar-refractivity contribution in [1.82, 2.24) is 10.2 Å². The van der Waals surface area contributed by atoms with Crippen molar-refractivity contribution in [2.45, 2.75) is 57.5 Å². The SMILES string of the molecule is CC[C@@H](C)NC(=O)[C@@H](C)N(CCc1ccccc1)C(=O)CN(c1cc(Cl)ccc1OC)S(=O)(=O)c1ccc(C)cc1. The van der Waals surface area contributed by atoms with Crippen molar-refractivity contribution in [3.63, 3.8) is 0 Å². The number of amides is 2. The Morgan fingerprint density at radius 3 is 2.27 bits per heavy atom. The minimum Gasteiger partial charge on any atom is -0.495 e. The molecule has 0 aliphatic carbocycles. The maximum absolute atomic E-state index is 14.0. The van der Waals surface area contributed by atoms with Gasteiger partial charge in [0.1, 0.15) is 18.3 Å². The lowest BCUT2D eigenvalue weighted by molar-refractivity contribution is -0.139. The molecular weight excluding hydrogens is 562 g/mol.